The van der Waals surface area contributed by atoms with Crippen LogP contribution < -0.4 is 5.43 Å². The van der Waals surface area contributed by atoms with Gasteiger partial charge >= 0.3 is 0 Å². The van der Waals surface area contributed by atoms with Gasteiger partial charge in [-0.3, -0.25) is 0 Å². The lowest BCUT2D eigenvalue weighted by molar-refractivity contribution is 0.973. The van der Waals surface area contributed by atoms with Gasteiger partial charge < -0.3 is 0 Å². The van der Waals surface area contributed by atoms with E-state index in [0.29, 0.717) is 5.95 Å². The zero-order chi connectivity index (χ0) is 11.9. The molecule has 0 spiro atoms. The lowest BCUT2D eigenvalue weighted by atomic mass is 10.2. The van der Waals surface area contributed by atoms with Gasteiger partial charge in [-0.2, -0.15) is 10.1 Å². The van der Waals surface area contributed by atoms with Crippen LogP contribution in [0.3, 0.4) is 0 Å². The number of H-pyrrole nitrogens is 1. The summed E-state index contributed by atoms with van der Waals surface area (Å²) < 4.78 is 0. The highest BCUT2D eigenvalue weighted by Gasteiger charge is 2.00. The van der Waals surface area contributed by atoms with Crippen LogP contribution in [0.25, 0.3) is 0 Å². The minimum atomic E-state index is 0.549. The monoisotopic (exact) mass is 247 g/mol. The van der Waals surface area contributed by atoms with E-state index in [2.05, 4.69) is 32.6 Å². The molecule has 0 unspecified atom stereocenters. The maximum Gasteiger partial charge on any atom is 0.240 e. The van der Waals surface area contributed by atoms with Gasteiger partial charge in [0.1, 0.15) is 0 Å². The van der Waals surface area contributed by atoms with Crippen molar-refractivity contribution in [2.24, 2.45) is 5.10 Å². The first kappa shape index (κ1) is 11.7. The molecule has 6 heteroatoms. The van der Waals surface area contributed by atoms with Crippen LogP contribution >= 0.6 is 11.8 Å². The summed E-state index contributed by atoms with van der Waals surface area (Å²) in [6.45, 7) is 2.06. The summed E-state index contributed by atoms with van der Waals surface area (Å²) in [5.74, 6) is 1.50. The van der Waals surface area contributed by atoms with E-state index < -0.39 is 0 Å². The third-order valence-corrected chi connectivity index (χ3v) is 2.65. The second kappa shape index (κ2) is 6.05. The number of hydrazone groups is 1. The van der Waals surface area contributed by atoms with Gasteiger partial charge in [0, 0.05) is 0 Å². The summed E-state index contributed by atoms with van der Waals surface area (Å²) in [6.07, 6.45) is 1.73. The Morgan fingerprint density at radius 1 is 1.41 bits per heavy atom. The average molecular weight is 247 g/mol. The Morgan fingerprint density at radius 3 is 3.00 bits per heavy atom. The highest BCUT2D eigenvalue weighted by molar-refractivity contribution is 7.99. The van der Waals surface area contributed by atoms with Crippen molar-refractivity contribution in [3.8, 4) is 0 Å². The predicted octanol–water partition coefficient (Wildman–Crippen LogP) is 2.36. The highest BCUT2D eigenvalue weighted by atomic mass is 32.2. The van der Waals surface area contributed by atoms with Gasteiger partial charge in [-0.05, 0) is 11.3 Å². The van der Waals surface area contributed by atoms with E-state index in [4.69, 9.17) is 0 Å². The summed E-state index contributed by atoms with van der Waals surface area (Å²) in [5.41, 5.74) is 3.83. The fraction of sp³-hybridized carbons (Fsp3) is 0.182. The molecule has 0 radical (unpaired) electrons. The van der Waals surface area contributed by atoms with E-state index in [-0.39, 0.29) is 0 Å². The third-order valence-electron chi connectivity index (χ3n) is 1.92. The Balaban J connectivity index is 1.91. The number of anilines is 1. The van der Waals surface area contributed by atoms with Crippen LogP contribution in [-0.4, -0.2) is 27.1 Å². The maximum absolute atomic E-state index is 4.20. The van der Waals surface area contributed by atoms with Gasteiger partial charge in [-0.15, -0.1) is 5.10 Å². The van der Waals surface area contributed by atoms with E-state index in [0.717, 1.165) is 16.5 Å². The molecule has 0 saturated carbocycles. The number of hydrogen-bond donors (Lipinski definition) is 2. The van der Waals surface area contributed by atoms with Crippen molar-refractivity contribution < 1.29 is 0 Å². The van der Waals surface area contributed by atoms with Crippen molar-refractivity contribution in [1.82, 2.24) is 15.2 Å². The molecule has 0 atom stereocenters. The lowest BCUT2D eigenvalue weighted by Gasteiger charge is -1.93. The molecule has 5 nitrogen and oxygen atoms in total. The number of benzene rings is 1. The van der Waals surface area contributed by atoms with Gasteiger partial charge in [0.05, 0.1) is 6.21 Å². The zero-order valence-electron chi connectivity index (χ0n) is 9.42. The van der Waals surface area contributed by atoms with Gasteiger partial charge in [0.25, 0.3) is 0 Å². The van der Waals surface area contributed by atoms with Gasteiger partial charge in [0.15, 0.2) is 0 Å². The number of thioether (sulfide) groups is 1. The molecule has 2 aromatic rings. The molecule has 88 valence electrons. The van der Waals surface area contributed by atoms with Crippen molar-refractivity contribution in [3.05, 3.63) is 35.9 Å². The summed E-state index contributed by atoms with van der Waals surface area (Å²) in [6, 6.07) is 9.85. The Labute approximate surface area is 104 Å². The molecule has 17 heavy (non-hydrogen) atoms. The average Bonchev–Trinajstić information content (AvgIpc) is 2.79. The number of rotatable bonds is 5. The first-order valence-corrected chi connectivity index (χ1v) is 6.26. The Morgan fingerprint density at radius 2 is 2.24 bits per heavy atom. The molecule has 0 amide bonds. The van der Waals surface area contributed by atoms with Crippen molar-refractivity contribution in [2.75, 3.05) is 11.2 Å². The quantitative estimate of drug-likeness (QED) is 0.483. The number of aromatic amines is 1. The van der Waals surface area contributed by atoms with Gasteiger partial charge in [-0.25, -0.2) is 10.5 Å². The van der Waals surface area contributed by atoms with Crippen molar-refractivity contribution in [3.63, 3.8) is 0 Å². The van der Waals surface area contributed by atoms with Crippen LogP contribution in [0.1, 0.15) is 12.5 Å². The molecular weight excluding hydrogens is 234 g/mol. The number of nitrogens with zero attached hydrogens (tertiary/aromatic N) is 3. The minimum absolute atomic E-state index is 0.549. The van der Waals surface area contributed by atoms with E-state index in [1.807, 2.05) is 30.3 Å². The van der Waals surface area contributed by atoms with Crippen molar-refractivity contribution in [1.29, 1.82) is 0 Å². The summed E-state index contributed by atoms with van der Waals surface area (Å²) in [4.78, 5) is 4.20. The molecule has 0 fully saturated rings. The summed E-state index contributed by atoms with van der Waals surface area (Å²) >= 11 is 1.58. The summed E-state index contributed by atoms with van der Waals surface area (Å²) in [7, 11) is 0. The molecular formula is C11H13N5S. The van der Waals surface area contributed by atoms with E-state index in [9.17, 15) is 0 Å². The van der Waals surface area contributed by atoms with E-state index in [1.54, 1.807) is 18.0 Å². The lowest BCUT2D eigenvalue weighted by Crippen LogP contribution is -1.92. The fourth-order valence-electron chi connectivity index (χ4n) is 1.20. The number of hydrogen-bond acceptors (Lipinski definition) is 5. The molecule has 2 N–H and O–H groups in total. The molecule has 1 aromatic heterocycles. The molecule has 0 aliphatic heterocycles. The Hall–Kier alpha value is -1.82. The third kappa shape index (κ3) is 3.60. The molecule has 1 heterocycles. The topological polar surface area (TPSA) is 66.0 Å². The zero-order valence-corrected chi connectivity index (χ0v) is 10.2. The molecule has 0 aliphatic rings. The molecule has 0 saturated heterocycles. The largest absolute Gasteiger partial charge is 0.246 e. The van der Waals surface area contributed by atoms with E-state index >= 15 is 0 Å². The van der Waals surface area contributed by atoms with Crippen molar-refractivity contribution in [2.45, 2.75) is 12.1 Å². The predicted molar refractivity (Wildman–Crippen MR) is 70.4 cm³/mol. The molecule has 1 aromatic carbocycles. The summed E-state index contributed by atoms with van der Waals surface area (Å²) in [5, 5.41) is 11.6. The molecule has 0 bridgehead atoms. The Kier molecular flexibility index (Phi) is 4.15. The van der Waals surface area contributed by atoms with Crippen LogP contribution in [-0.2, 0) is 0 Å². The highest BCUT2D eigenvalue weighted by Crippen LogP contribution is 2.12. The first-order chi connectivity index (χ1) is 8.38. The van der Waals surface area contributed by atoms with E-state index in [1.165, 1.54) is 0 Å². The van der Waals surface area contributed by atoms with Crippen LogP contribution in [0.5, 0.6) is 0 Å². The standard InChI is InChI=1S/C11H13N5S/c1-2-17-11-13-10(15-16-11)14-12-8-9-6-4-3-5-7-9/h3-8H,2H2,1H3,(H2,13,14,15,16)/b12-8-. The van der Waals surface area contributed by atoms with Crippen LogP contribution in [0.2, 0.25) is 0 Å². The molecule has 2 rings (SSSR count). The van der Waals surface area contributed by atoms with Crippen LogP contribution in [0.4, 0.5) is 5.95 Å². The van der Waals surface area contributed by atoms with Crippen LogP contribution in [0.15, 0.2) is 40.6 Å². The molecule has 0 aliphatic carbocycles. The first-order valence-electron chi connectivity index (χ1n) is 5.28. The number of nitrogens with one attached hydrogen (secondary N) is 2. The minimum Gasteiger partial charge on any atom is -0.246 e. The van der Waals surface area contributed by atoms with Gasteiger partial charge in [0.2, 0.25) is 11.1 Å². The van der Waals surface area contributed by atoms with Crippen LogP contribution in [0, 0.1) is 0 Å². The fourth-order valence-corrected chi connectivity index (χ4v) is 1.72. The Bertz CT molecular complexity index is 480. The second-order valence-corrected chi connectivity index (χ2v) is 4.41. The SMILES string of the molecule is CCSc1n[nH]c(N/N=C\c2ccccc2)n1. The normalized spacial score (nSPS) is 10.9. The van der Waals surface area contributed by atoms with Crippen molar-refractivity contribution >= 4 is 23.9 Å². The number of aromatic nitrogens is 3. The maximum atomic E-state index is 4.20. The second-order valence-electron chi connectivity index (χ2n) is 3.18. The van der Waals surface area contributed by atoms with Gasteiger partial charge in [-0.1, -0.05) is 49.0 Å². The smallest absolute Gasteiger partial charge is 0.240 e.